The van der Waals surface area contributed by atoms with E-state index in [1.54, 1.807) is 20.8 Å². The Kier molecular flexibility index (Phi) is 9.29. The number of ether oxygens (including phenoxy) is 1. The van der Waals surface area contributed by atoms with Crippen molar-refractivity contribution in [3.05, 3.63) is 34.0 Å². The number of hydrogen-bond donors (Lipinski definition) is 3. The minimum Gasteiger partial charge on any atom is -0.477 e. The molecule has 2 atom stereocenters. The maximum Gasteiger partial charge on any atom is 0.406 e. The topological polar surface area (TPSA) is 194 Å². The van der Waals surface area contributed by atoms with E-state index in [0.717, 1.165) is 28.0 Å². The van der Waals surface area contributed by atoms with E-state index in [9.17, 15) is 42.3 Å². The number of alkyl halides is 3. The summed E-state index contributed by atoms with van der Waals surface area (Å²) in [4.78, 5) is 73.5. The molecule has 0 aliphatic carbocycles. The molecule has 3 aliphatic rings. The zero-order valence-electron chi connectivity index (χ0n) is 23.5. The first kappa shape index (κ1) is 32.8. The molecule has 2 saturated heterocycles. The van der Waals surface area contributed by atoms with Gasteiger partial charge in [-0.1, -0.05) is 5.16 Å². The van der Waals surface area contributed by atoms with Crippen molar-refractivity contribution in [3.63, 3.8) is 0 Å². The number of nitrogen functional groups attached to an aromatic ring is 1. The Morgan fingerprint density at radius 2 is 1.98 bits per heavy atom. The molecule has 238 valence electrons. The highest BCUT2D eigenvalue weighted by atomic mass is 32.2. The van der Waals surface area contributed by atoms with Gasteiger partial charge >= 0.3 is 18.1 Å². The average molecular weight is 661 g/mol. The minimum atomic E-state index is -4.59. The fourth-order valence-electron chi connectivity index (χ4n) is 4.46. The summed E-state index contributed by atoms with van der Waals surface area (Å²) in [5.41, 5.74) is 4.10. The van der Waals surface area contributed by atoms with E-state index in [1.807, 2.05) is 0 Å². The Morgan fingerprint density at radius 3 is 2.57 bits per heavy atom. The van der Waals surface area contributed by atoms with Gasteiger partial charge in [0.15, 0.2) is 10.8 Å². The summed E-state index contributed by atoms with van der Waals surface area (Å²) in [6.07, 6.45) is -3.40. The summed E-state index contributed by atoms with van der Waals surface area (Å²) in [6.45, 7) is 2.71. The second-order valence-corrected chi connectivity index (χ2v) is 12.7. The van der Waals surface area contributed by atoms with Crippen molar-refractivity contribution in [3.8, 4) is 0 Å². The number of nitrogens with two attached hydrogens (primary N) is 1. The summed E-state index contributed by atoms with van der Waals surface area (Å²) in [5, 5.41) is 16.7. The van der Waals surface area contributed by atoms with Crippen LogP contribution in [0.3, 0.4) is 0 Å². The lowest BCUT2D eigenvalue weighted by Gasteiger charge is -2.49. The molecular formula is C25H27F3N6O8S2. The molecule has 14 nitrogen and oxygen atoms in total. The number of carbonyl (C=O) groups excluding carboxylic acids is 4. The normalized spacial score (nSPS) is 21.8. The van der Waals surface area contributed by atoms with Crippen LogP contribution in [0.25, 0.3) is 0 Å². The Hall–Kier alpha value is -4.13. The van der Waals surface area contributed by atoms with E-state index in [2.05, 4.69) is 15.5 Å². The number of esters is 1. The molecule has 1 aromatic rings. The summed E-state index contributed by atoms with van der Waals surface area (Å²) in [5.74, 6) is -4.83. The number of carbonyl (C=O) groups is 5. The number of nitrogens with zero attached hydrogens (tertiary/aromatic N) is 4. The molecule has 4 N–H and O–H groups in total. The lowest BCUT2D eigenvalue weighted by atomic mass is 10.0. The number of β-lactam (4-membered cyclic amide) rings is 1. The van der Waals surface area contributed by atoms with E-state index in [4.69, 9.17) is 15.3 Å². The molecular weight excluding hydrogens is 633 g/mol. The summed E-state index contributed by atoms with van der Waals surface area (Å²) >= 11 is 2.08. The quantitative estimate of drug-likeness (QED) is 0.113. The highest BCUT2D eigenvalue weighted by Gasteiger charge is 2.54. The van der Waals surface area contributed by atoms with Crippen molar-refractivity contribution in [1.82, 2.24) is 20.1 Å². The number of thioether (sulfide) groups is 1. The number of aliphatic carboxylic acids is 1. The van der Waals surface area contributed by atoms with Crippen LogP contribution in [0.5, 0.6) is 0 Å². The number of halogens is 3. The van der Waals surface area contributed by atoms with Crippen molar-refractivity contribution in [1.29, 1.82) is 0 Å². The zero-order valence-corrected chi connectivity index (χ0v) is 25.1. The molecule has 0 bridgehead atoms. The van der Waals surface area contributed by atoms with E-state index >= 15 is 0 Å². The second-order valence-electron chi connectivity index (χ2n) is 10.7. The van der Waals surface area contributed by atoms with E-state index in [1.165, 1.54) is 11.5 Å². The van der Waals surface area contributed by atoms with Gasteiger partial charge in [-0.15, -0.1) is 23.1 Å². The van der Waals surface area contributed by atoms with Crippen LogP contribution < -0.4 is 11.1 Å². The molecule has 4 rings (SSSR count). The van der Waals surface area contributed by atoms with Gasteiger partial charge in [0.2, 0.25) is 12.5 Å². The molecule has 0 unspecified atom stereocenters. The number of likely N-dealkylation sites (tertiary alicyclic amines) is 1. The predicted octanol–water partition coefficient (Wildman–Crippen LogP) is 1.25. The van der Waals surface area contributed by atoms with Crippen LogP contribution in [0.1, 0.15) is 32.9 Å². The van der Waals surface area contributed by atoms with Crippen LogP contribution in [0.15, 0.2) is 33.5 Å². The number of carboxylic acids is 1. The number of aromatic nitrogens is 1. The fourth-order valence-corrected chi connectivity index (χ4v) is 6.32. The second kappa shape index (κ2) is 12.5. The van der Waals surface area contributed by atoms with Crippen molar-refractivity contribution < 1.29 is 51.8 Å². The summed E-state index contributed by atoms with van der Waals surface area (Å²) in [6, 6.07) is -1.20. The lowest BCUT2D eigenvalue weighted by Crippen LogP contribution is -2.71. The first-order chi connectivity index (χ1) is 20.4. The third-order valence-corrected chi connectivity index (χ3v) is 8.13. The van der Waals surface area contributed by atoms with Crippen molar-refractivity contribution in [2.24, 2.45) is 5.16 Å². The number of oxime groups is 1. The first-order valence-electron chi connectivity index (χ1n) is 12.9. The van der Waals surface area contributed by atoms with Gasteiger partial charge in [-0.3, -0.25) is 19.3 Å². The van der Waals surface area contributed by atoms with E-state index in [-0.39, 0.29) is 40.7 Å². The van der Waals surface area contributed by atoms with Crippen LogP contribution in [0.4, 0.5) is 18.3 Å². The minimum absolute atomic E-state index is 0.00468. The monoisotopic (exact) mass is 660 g/mol. The van der Waals surface area contributed by atoms with Gasteiger partial charge < -0.3 is 30.6 Å². The number of thiazole rings is 1. The largest absolute Gasteiger partial charge is 0.477 e. The molecule has 3 aliphatic heterocycles. The van der Waals surface area contributed by atoms with Crippen molar-refractivity contribution in [2.75, 3.05) is 31.2 Å². The Balaban J connectivity index is 1.50. The molecule has 0 saturated carbocycles. The smallest absolute Gasteiger partial charge is 0.406 e. The van der Waals surface area contributed by atoms with Gasteiger partial charge in [0, 0.05) is 23.3 Å². The number of rotatable bonds is 9. The number of hydrogen-bond acceptors (Lipinski definition) is 12. The van der Waals surface area contributed by atoms with Gasteiger partial charge in [-0.05, 0) is 38.8 Å². The van der Waals surface area contributed by atoms with Gasteiger partial charge in [0.05, 0.1) is 0 Å². The molecule has 3 amide bonds. The molecule has 0 radical (unpaired) electrons. The number of carboxylic acid groups (broad SMARTS) is 1. The molecule has 19 heteroatoms. The predicted molar refractivity (Wildman–Crippen MR) is 150 cm³/mol. The van der Waals surface area contributed by atoms with Gasteiger partial charge in [0.1, 0.15) is 35.0 Å². The van der Waals surface area contributed by atoms with Crippen LogP contribution in [0, 0.1) is 0 Å². The van der Waals surface area contributed by atoms with Gasteiger partial charge in [0.25, 0.3) is 11.8 Å². The molecule has 1 aromatic heterocycles. The number of amides is 3. The van der Waals surface area contributed by atoms with Crippen LogP contribution >= 0.6 is 23.1 Å². The van der Waals surface area contributed by atoms with E-state index in [0.29, 0.717) is 4.90 Å². The van der Waals surface area contributed by atoms with Crippen LogP contribution in [0.2, 0.25) is 0 Å². The lowest BCUT2D eigenvalue weighted by molar-refractivity contribution is -0.160. The maximum absolute atomic E-state index is 13.2. The highest BCUT2D eigenvalue weighted by Crippen LogP contribution is 2.41. The summed E-state index contributed by atoms with van der Waals surface area (Å²) in [7, 11) is 0. The van der Waals surface area contributed by atoms with Gasteiger partial charge in [-0.25, -0.2) is 14.6 Å². The number of nitrogens with one attached hydrogen (secondary N) is 1. The Labute approximate surface area is 256 Å². The standard InChI is InChI=1S/C25H27F3N6O8S2/c1-24(2,3)42-14(35)7-41-32-15(13-9-44-23(29)30-13)18(36)31-16-20(38)34-17(22(39)40)12(8-43-21(16)34)6-11-4-5-33(19(11)37)10-25(26,27)28/h6,9,16,21H,4-5,7-8,10H2,1-3H3,(H2,29,30)(H,31,36)(H,39,40)/t16-,21-/m1/s1. The van der Waals surface area contributed by atoms with Crippen molar-refractivity contribution >= 4 is 63.6 Å². The Bertz CT molecular complexity index is 1480. The van der Waals surface area contributed by atoms with Gasteiger partial charge in [-0.2, -0.15) is 13.2 Å². The average Bonchev–Trinajstić information content (AvgIpc) is 3.47. The van der Waals surface area contributed by atoms with E-state index < -0.39 is 77.4 Å². The van der Waals surface area contributed by atoms with Crippen LogP contribution in [-0.2, 0) is 33.5 Å². The zero-order chi connectivity index (χ0) is 32.6. The van der Waals surface area contributed by atoms with Crippen molar-refractivity contribution in [2.45, 2.75) is 50.4 Å². The maximum atomic E-state index is 13.2. The molecule has 4 heterocycles. The third-order valence-electron chi connectivity index (χ3n) is 6.16. The third kappa shape index (κ3) is 7.50. The first-order valence-corrected chi connectivity index (χ1v) is 14.8. The molecule has 0 aromatic carbocycles. The SMILES string of the molecule is CC(C)(C)OC(=O)CON=C(C(=O)N[C@@H]1C(=O)N2C(C(=O)O)=C(C=C3CCN(CC(F)(F)F)C3=O)CS[C@H]12)c1csc(N)n1. The fraction of sp³-hybridized carbons (Fsp3) is 0.480. The summed E-state index contributed by atoms with van der Waals surface area (Å²) < 4.78 is 43.5. The molecule has 0 spiro atoms. The number of allylic oxidation sites excluding steroid dienone is 1. The highest BCUT2D eigenvalue weighted by molar-refractivity contribution is 8.00. The Morgan fingerprint density at radius 1 is 1.27 bits per heavy atom. The number of fused-ring (bicyclic) bond motifs is 1. The molecule has 2 fully saturated rings. The molecule has 44 heavy (non-hydrogen) atoms. The number of anilines is 1. The van der Waals surface area contributed by atoms with Crippen LogP contribution in [-0.4, -0.2) is 104 Å².